The van der Waals surface area contributed by atoms with Crippen molar-refractivity contribution in [2.24, 2.45) is 29.1 Å². The summed E-state index contributed by atoms with van der Waals surface area (Å²) in [6, 6.07) is 0. The van der Waals surface area contributed by atoms with Gasteiger partial charge in [0, 0.05) is 18.3 Å². The summed E-state index contributed by atoms with van der Waals surface area (Å²) in [5.41, 5.74) is 1.43. The van der Waals surface area contributed by atoms with Crippen LogP contribution in [0.15, 0.2) is 11.6 Å². The Labute approximate surface area is 121 Å². The van der Waals surface area contributed by atoms with E-state index in [1.807, 2.05) is 6.08 Å². The topological polar surface area (TPSA) is 34.1 Å². The molecule has 3 saturated carbocycles. The molecule has 0 heterocycles. The summed E-state index contributed by atoms with van der Waals surface area (Å²) in [5.74, 6) is 3.66. The molecule has 0 amide bonds. The van der Waals surface area contributed by atoms with Crippen molar-refractivity contribution in [1.82, 2.24) is 0 Å². The van der Waals surface area contributed by atoms with E-state index >= 15 is 0 Å². The standard InChI is InChI=1S/C18H24O2/c1-18-9-8-14-13-5-3-12(19)10-11(13)2-4-15(14)16(18)6-7-17(18)20/h10,13-16H,2-9H2,1H3/t13-,14+,15+,16+,18-/m0/s1. The van der Waals surface area contributed by atoms with Gasteiger partial charge in [0.1, 0.15) is 5.78 Å². The lowest BCUT2D eigenvalue weighted by molar-refractivity contribution is -0.131. The second kappa shape index (κ2) is 4.29. The van der Waals surface area contributed by atoms with Gasteiger partial charge in [-0.15, -0.1) is 0 Å². The van der Waals surface area contributed by atoms with Gasteiger partial charge in [0.2, 0.25) is 0 Å². The van der Waals surface area contributed by atoms with Crippen LogP contribution in [0.25, 0.3) is 0 Å². The van der Waals surface area contributed by atoms with E-state index in [-0.39, 0.29) is 5.41 Å². The van der Waals surface area contributed by atoms with Crippen molar-refractivity contribution in [2.45, 2.75) is 58.3 Å². The van der Waals surface area contributed by atoms with Crippen LogP contribution in [0.3, 0.4) is 0 Å². The van der Waals surface area contributed by atoms with Gasteiger partial charge in [-0.05, 0) is 68.3 Å². The highest BCUT2D eigenvalue weighted by atomic mass is 16.1. The monoisotopic (exact) mass is 272 g/mol. The Hall–Kier alpha value is -0.920. The van der Waals surface area contributed by atoms with Crippen LogP contribution in [-0.2, 0) is 9.59 Å². The lowest BCUT2D eigenvalue weighted by atomic mass is 9.52. The highest BCUT2D eigenvalue weighted by Gasteiger charge is 2.55. The Morgan fingerprint density at radius 1 is 1.00 bits per heavy atom. The van der Waals surface area contributed by atoms with E-state index in [9.17, 15) is 9.59 Å². The number of rotatable bonds is 0. The molecule has 0 unspecified atom stereocenters. The Bertz CT molecular complexity index is 504. The normalized spacial score (nSPS) is 47.4. The minimum atomic E-state index is -0.00707. The molecule has 4 aliphatic carbocycles. The molecule has 0 N–H and O–H groups in total. The molecule has 4 rings (SSSR count). The molecule has 0 aromatic heterocycles. The maximum absolute atomic E-state index is 12.3. The van der Waals surface area contributed by atoms with Crippen LogP contribution in [0.4, 0.5) is 0 Å². The first-order valence-corrected chi connectivity index (χ1v) is 8.36. The summed E-state index contributed by atoms with van der Waals surface area (Å²) in [7, 11) is 0. The van der Waals surface area contributed by atoms with Crippen LogP contribution in [0.5, 0.6) is 0 Å². The lowest BCUT2D eigenvalue weighted by Gasteiger charge is -2.52. The second-order valence-corrected chi connectivity index (χ2v) is 7.72. The van der Waals surface area contributed by atoms with Gasteiger partial charge in [-0.2, -0.15) is 0 Å². The molecule has 0 saturated heterocycles. The molecular formula is C18H24O2. The zero-order chi connectivity index (χ0) is 13.9. The van der Waals surface area contributed by atoms with Crippen molar-refractivity contribution in [3.63, 3.8) is 0 Å². The number of ketones is 2. The minimum absolute atomic E-state index is 0.00707. The first-order chi connectivity index (χ1) is 9.59. The average Bonchev–Trinajstić information content (AvgIpc) is 2.74. The van der Waals surface area contributed by atoms with Crippen molar-refractivity contribution < 1.29 is 9.59 Å². The fourth-order valence-corrected chi connectivity index (χ4v) is 5.95. The minimum Gasteiger partial charge on any atom is -0.299 e. The third-order valence-electron chi connectivity index (χ3n) is 7.01. The molecule has 3 fully saturated rings. The first-order valence-electron chi connectivity index (χ1n) is 8.36. The van der Waals surface area contributed by atoms with Gasteiger partial charge in [-0.3, -0.25) is 9.59 Å². The van der Waals surface area contributed by atoms with Gasteiger partial charge in [0.05, 0.1) is 0 Å². The van der Waals surface area contributed by atoms with Gasteiger partial charge in [0.15, 0.2) is 5.78 Å². The summed E-state index contributed by atoms with van der Waals surface area (Å²) in [4.78, 5) is 23.9. The van der Waals surface area contributed by atoms with E-state index in [1.165, 1.54) is 18.4 Å². The Morgan fingerprint density at radius 2 is 1.85 bits per heavy atom. The Morgan fingerprint density at radius 3 is 2.70 bits per heavy atom. The fourth-order valence-electron chi connectivity index (χ4n) is 5.95. The second-order valence-electron chi connectivity index (χ2n) is 7.72. The predicted octanol–water partition coefficient (Wildman–Crippen LogP) is 3.70. The fraction of sp³-hybridized carbons (Fsp3) is 0.778. The van der Waals surface area contributed by atoms with Gasteiger partial charge in [-0.25, -0.2) is 0 Å². The molecule has 0 bridgehead atoms. The van der Waals surface area contributed by atoms with Crippen LogP contribution in [0.1, 0.15) is 58.3 Å². The van der Waals surface area contributed by atoms with Crippen molar-refractivity contribution in [2.75, 3.05) is 0 Å². The maximum Gasteiger partial charge on any atom is 0.155 e. The Kier molecular flexibility index (Phi) is 2.74. The number of carbonyl (C=O) groups is 2. The van der Waals surface area contributed by atoms with Crippen LogP contribution in [0.2, 0.25) is 0 Å². The molecule has 2 nitrogen and oxygen atoms in total. The zero-order valence-corrected chi connectivity index (χ0v) is 12.4. The van der Waals surface area contributed by atoms with E-state index in [2.05, 4.69) is 6.92 Å². The summed E-state index contributed by atoms with van der Waals surface area (Å²) in [6.45, 7) is 2.24. The van der Waals surface area contributed by atoms with Crippen LogP contribution >= 0.6 is 0 Å². The first kappa shape index (κ1) is 12.8. The molecule has 0 spiro atoms. The predicted molar refractivity (Wildman–Crippen MR) is 77.1 cm³/mol. The number of carbonyl (C=O) groups excluding carboxylic acids is 2. The quantitative estimate of drug-likeness (QED) is 0.674. The molecule has 108 valence electrons. The smallest absolute Gasteiger partial charge is 0.155 e. The molecular weight excluding hydrogens is 248 g/mol. The van der Waals surface area contributed by atoms with E-state index in [0.29, 0.717) is 23.4 Å². The van der Waals surface area contributed by atoms with Crippen LogP contribution in [-0.4, -0.2) is 11.6 Å². The third kappa shape index (κ3) is 1.63. The van der Waals surface area contributed by atoms with Crippen molar-refractivity contribution >= 4 is 11.6 Å². The molecule has 0 aromatic rings. The van der Waals surface area contributed by atoms with Crippen LogP contribution in [0, 0.1) is 29.1 Å². The molecule has 0 radical (unpaired) electrons. The molecule has 0 aliphatic heterocycles. The molecule has 4 aliphatic rings. The molecule has 0 aromatic carbocycles. The SMILES string of the molecule is C[C@]12CC[C@H]3[C@@H](CCC4=CC(=O)CC[C@@H]43)[C@H]1CCC2=O. The molecule has 20 heavy (non-hydrogen) atoms. The van der Waals surface area contributed by atoms with Gasteiger partial charge in [-0.1, -0.05) is 12.5 Å². The van der Waals surface area contributed by atoms with Gasteiger partial charge in [0.25, 0.3) is 0 Å². The summed E-state index contributed by atoms with van der Waals surface area (Å²) in [6.07, 6.45) is 10.3. The van der Waals surface area contributed by atoms with Crippen molar-refractivity contribution in [3.05, 3.63) is 11.6 Å². The number of hydrogen-bond donors (Lipinski definition) is 0. The van der Waals surface area contributed by atoms with E-state index in [0.717, 1.165) is 50.4 Å². The van der Waals surface area contributed by atoms with Gasteiger partial charge >= 0.3 is 0 Å². The zero-order valence-electron chi connectivity index (χ0n) is 12.4. The Balaban J connectivity index is 1.65. The summed E-state index contributed by atoms with van der Waals surface area (Å²) < 4.78 is 0. The molecule has 2 heteroatoms. The number of fused-ring (bicyclic) bond motifs is 5. The van der Waals surface area contributed by atoms with Crippen LogP contribution < -0.4 is 0 Å². The number of hydrogen-bond acceptors (Lipinski definition) is 2. The highest BCUT2D eigenvalue weighted by Crippen LogP contribution is 2.60. The maximum atomic E-state index is 12.3. The third-order valence-corrected chi connectivity index (χ3v) is 7.01. The largest absolute Gasteiger partial charge is 0.299 e. The summed E-state index contributed by atoms with van der Waals surface area (Å²) >= 11 is 0. The average molecular weight is 272 g/mol. The van der Waals surface area contributed by atoms with Gasteiger partial charge < -0.3 is 0 Å². The van der Waals surface area contributed by atoms with Crippen molar-refractivity contribution in [3.8, 4) is 0 Å². The lowest BCUT2D eigenvalue weighted by Crippen LogP contribution is -2.46. The number of Topliss-reactive ketones (excluding diaryl/α,β-unsaturated/α-hetero) is 1. The molecule has 5 atom stereocenters. The van der Waals surface area contributed by atoms with Crippen molar-refractivity contribution in [1.29, 1.82) is 0 Å². The highest BCUT2D eigenvalue weighted by molar-refractivity contribution is 5.91. The summed E-state index contributed by atoms with van der Waals surface area (Å²) in [5, 5.41) is 0. The van der Waals surface area contributed by atoms with E-state index in [1.54, 1.807) is 0 Å². The number of allylic oxidation sites excluding steroid dienone is 1. The van der Waals surface area contributed by atoms with E-state index < -0.39 is 0 Å². The van der Waals surface area contributed by atoms with E-state index in [4.69, 9.17) is 0 Å².